The maximum atomic E-state index is 11.4. The van der Waals surface area contributed by atoms with E-state index in [-0.39, 0.29) is 11.5 Å². The van der Waals surface area contributed by atoms with Crippen molar-refractivity contribution < 1.29 is 9.53 Å². The fourth-order valence-corrected chi connectivity index (χ4v) is 2.11. The Morgan fingerprint density at radius 2 is 1.57 bits per heavy atom. The smallest absolute Gasteiger partial charge is 0.333 e. The largest absolute Gasteiger partial charge is 0.460 e. The lowest BCUT2D eigenvalue weighted by Crippen LogP contribution is -2.44. The van der Waals surface area contributed by atoms with Gasteiger partial charge < -0.3 is 10.1 Å². The van der Waals surface area contributed by atoms with E-state index in [1.165, 1.54) is 51.4 Å². The van der Waals surface area contributed by atoms with Gasteiger partial charge in [0.25, 0.3) is 0 Å². The zero-order chi connectivity index (χ0) is 16.1. The van der Waals surface area contributed by atoms with Crippen LogP contribution in [0.2, 0.25) is 0 Å². The molecule has 0 bridgehead atoms. The minimum Gasteiger partial charge on any atom is -0.460 e. The molecule has 0 unspecified atom stereocenters. The second kappa shape index (κ2) is 11.8. The van der Waals surface area contributed by atoms with Crippen LogP contribution in [0.1, 0.15) is 79.1 Å². The zero-order valence-corrected chi connectivity index (χ0v) is 14.6. The third kappa shape index (κ3) is 12.6. The van der Waals surface area contributed by atoms with Crippen molar-refractivity contribution in [1.82, 2.24) is 5.32 Å². The Morgan fingerprint density at radius 3 is 2.10 bits per heavy atom. The Balaban J connectivity index is 3.52. The predicted octanol–water partition coefficient (Wildman–Crippen LogP) is 4.61. The van der Waals surface area contributed by atoms with E-state index in [1.807, 2.05) is 0 Å². The quantitative estimate of drug-likeness (QED) is 0.306. The van der Waals surface area contributed by atoms with Crippen molar-refractivity contribution >= 4 is 5.97 Å². The molecular weight excluding hydrogens is 262 g/mol. The van der Waals surface area contributed by atoms with E-state index < -0.39 is 0 Å². The summed E-state index contributed by atoms with van der Waals surface area (Å²) in [7, 11) is 0. The monoisotopic (exact) mass is 297 g/mol. The van der Waals surface area contributed by atoms with Gasteiger partial charge in [-0.1, -0.05) is 58.4 Å². The number of carbonyl (C=O) groups excluding carboxylic acids is 1. The van der Waals surface area contributed by atoms with Crippen LogP contribution in [0.15, 0.2) is 12.2 Å². The number of ether oxygens (including phenoxy) is 1. The van der Waals surface area contributed by atoms with E-state index in [0.29, 0.717) is 12.2 Å². The van der Waals surface area contributed by atoms with Crippen LogP contribution < -0.4 is 5.32 Å². The fraction of sp³-hybridized carbons (Fsp3) is 0.833. The molecule has 0 saturated carbocycles. The third-order valence-electron chi connectivity index (χ3n) is 3.55. The molecule has 21 heavy (non-hydrogen) atoms. The number of unbranched alkanes of at least 4 members (excludes halogenated alkanes) is 7. The molecule has 0 aromatic rings. The molecule has 3 heteroatoms. The van der Waals surface area contributed by atoms with Crippen LogP contribution in [0.3, 0.4) is 0 Å². The molecule has 0 aromatic carbocycles. The average molecular weight is 297 g/mol. The van der Waals surface area contributed by atoms with Gasteiger partial charge in [0.1, 0.15) is 6.61 Å². The molecule has 0 rings (SSSR count). The van der Waals surface area contributed by atoms with E-state index in [9.17, 15) is 4.79 Å². The summed E-state index contributed by atoms with van der Waals surface area (Å²) >= 11 is 0. The Morgan fingerprint density at radius 1 is 1.05 bits per heavy atom. The second-order valence-corrected chi connectivity index (χ2v) is 6.64. The first-order valence-electron chi connectivity index (χ1n) is 8.46. The molecule has 124 valence electrons. The van der Waals surface area contributed by atoms with Gasteiger partial charge in [-0.3, -0.25) is 0 Å². The molecule has 0 aliphatic heterocycles. The van der Waals surface area contributed by atoms with Crippen molar-refractivity contribution in [1.29, 1.82) is 0 Å². The molecule has 0 saturated heterocycles. The van der Waals surface area contributed by atoms with Crippen molar-refractivity contribution in [2.24, 2.45) is 0 Å². The Labute approximate surface area is 131 Å². The number of hydrogen-bond acceptors (Lipinski definition) is 3. The Kier molecular flexibility index (Phi) is 11.3. The van der Waals surface area contributed by atoms with Crippen LogP contribution in [0.5, 0.6) is 0 Å². The van der Waals surface area contributed by atoms with Crippen molar-refractivity contribution in [3.05, 3.63) is 12.2 Å². The molecular formula is C18H35NO2. The number of hydrogen-bond donors (Lipinski definition) is 1. The second-order valence-electron chi connectivity index (χ2n) is 6.64. The molecule has 1 N–H and O–H groups in total. The minimum atomic E-state index is -0.308. The highest BCUT2D eigenvalue weighted by molar-refractivity contribution is 5.86. The molecule has 0 aliphatic carbocycles. The summed E-state index contributed by atoms with van der Waals surface area (Å²) in [6.45, 7) is 13.0. The average Bonchev–Trinajstić information content (AvgIpc) is 2.43. The summed E-state index contributed by atoms with van der Waals surface area (Å²) in [6, 6.07) is 0. The minimum absolute atomic E-state index is 0.174. The van der Waals surface area contributed by atoms with Gasteiger partial charge in [-0.05, 0) is 33.7 Å². The van der Waals surface area contributed by atoms with Crippen LogP contribution >= 0.6 is 0 Å². The Bertz CT molecular complexity index is 298. The van der Waals surface area contributed by atoms with Gasteiger partial charge in [-0.25, -0.2) is 4.79 Å². The normalized spacial score (nSPS) is 11.4. The standard InChI is InChI=1S/C18H35NO2/c1-6-7-8-9-10-11-12-13-14-19-18(4,5)15-21-17(20)16(2)3/h19H,2,6-15H2,1,3-5H3. The maximum absolute atomic E-state index is 11.4. The summed E-state index contributed by atoms with van der Waals surface area (Å²) in [5, 5.41) is 3.46. The van der Waals surface area contributed by atoms with Crippen LogP contribution in [0.25, 0.3) is 0 Å². The first kappa shape index (κ1) is 20.2. The SMILES string of the molecule is C=C(C)C(=O)OCC(C)(C)NCCCCCCCCCC. The number of carbonyl (C=O) groups is 1. The Hall–Kier alpha value is -0.830. The summed E-state index contributed by atoms with van der Waals surface area (Å²) in [6.07, 6.45) is 10.6. The highest BCUT2D eigenvalue weighted by atomic mass is 16.5. The number of rotatable bonds is 13. The molecule has 0 fully saturated rings. The van der Waals surface area contributed by atoms with Crippen LogP contribution in [-0.2, 0) is 9.53 Å². The summed E-state index contributed by atoms with van der Waals surface area (Å²) in [4.78, 5) is 11.4. The van der Waals surface area contributed by atoms with E-state index in [2.05, 4.69) is 32.7 Å². The molecule has 0 aliphatic rings. The van der Waals surface area contributed by atoms with Crippen molar-refractivity contribution in [3.63, 3.8) is 0 Å². The van der Waals surface area contributed by atoms with Gasteiger partial charge in [0.2, 0.25) is 0 Å². The molecule has 0 radical (unpaired) electrons. The van der Waals surface area contributed by atoms with Gasteiger partial charge in [-0.15, -0.1) is 0 Å². The first-order chi connectivity index (χ1) is 9.89. The highest BCUT2D eigenvalue weighted by Crippen LogP contribution is 2.09. The van der Waals surface area contributed by atoms with Crippen LogP contribution in [-0.4, -0.2) is 24.7 Å². The summed E-state index contributed by atoms with van der Waals surface area (Å²) in [5.74, 6) is -0.308. The molecule has 0 atom stereocenters. The summed E-state index contributed by atoms with van der Waals surface area (Å²) in [5.41, 5.74) is 0.278. The number of esters is 1. The van der Waals surface area contributed by atoms with E-state index in [4.69, 9.17) is 4.74 Å². The van der Waals surface area contributed by atoms with E-state index in [1.54, 1.807) is 6.92 Å². The molecule has 0 amide bonds. The van der Waals surface area contributed by atoms with Gasteiger partial charge in [0.05, 0.1) is 0 Å². The highest BCUT2D eigenvalue weighted by Gasteiger charge is 2.19. The predicted molar refractivity (Wildman–Crippen MR) is 90.5 cm³/mol. The lowest BCUT2D eigenvalue weighted by atomic mass is 10.1. The van der Waals surface area contributed by atoms with Gasteiger partial charge in [0.15, 0.2) is 0 Å². The lowest BCUT2D eigenvalue weighted by Gasteiger charge is -2.26. The van der Waals surface area contributed by atoms with Crippen molar-refractivity contribution in [3.8, 4) is 0 Å². The molecule has 0 aromatic heterocycles. The van der Waals surface area contributed by atoms with Crippen LogP contribution in [0.4, 0.5) is 0 Å². The zero-order valence-electron chi connectivity index (χ0n) is 14.6. The van der Waals surface area contributed by atoms with Gasteiger partial charge >= 0.3 is 5.97 Å². The lowest BCUT2D eigenvalue weighted by molar-refractivity contribution is -0.140. The van der Waals surface area contributed by atoms with E-state index in [0.717, 1.165) is 6.54 Å². The number of nitrogens with one attached hydrogen (secondary N) is 1. The summed E-state index contributed by atoms with van der Waals surface area (Å²) < 4.78 is 5.20. The van der Waals surface area contributed by atoms with E-state index >= 15 is 0 Å². The fourth-order valence-electron chi connectivity index (χ4n) is 2.11. The van der Waals surface area contributed by atoms with Gasteiger partial charge in [-0.2, -0.15) is 0 Å². The van der Waals surface area contributed by atoms with Crippen molar-refractivity contribution in [2.45, 2.75) is 84.6 Å². The van der Waals surface area contributed by atoms with Crippen molar-refractivity contribution in [2.75, 3.05) is 13.2 Å². The molecule has 0 spiro atoms. The van der Waals surface area contributed by atoms with Crippen LogP contribution in [0, 0.1) is 0 Å². The molecule has 0 heterocycles. The van der Waals surface area contributed by atoms with Gasteiger partial charge in [0, 0.05) is 11.1 Å². The molecule has 3 nitrogen and oxygen atoms in total. The maximum Gasteiger partial charge on any atom is 0.333 e. The topological polar surface area (TPSA) is 38.3 Å². The first-order valence-corrected chi connectivity index (χ1v) is 8.46. The third-order valence-corrected chi connectivity index (χ3v) is 3.55.